The summed E-state index contributed by atoms with van der Waals surface area (Å²) in [4.78, 5) is 11.9. The first-order chi connectivity index (χ1) is 9.06. The normalized spacial score (nSPS) is 10.0. The van der Waals surface area contributed by atoms with Gasteiger partial charge in [-0.25, -0.2) is 0 Å². The van der Waals surface area contributed by atoms with Crippen LogP contribution in [-0.2, 0) is 0 Å². The van der Waals surface area contributed by atoms with Gasteiger partial charge in [-0.1, -0.05) is 18.2 Å². The third-order valence-electron chi connectivity index (χ3n) is 2.15. The average molecular weight is 420 g/mol. The fourth-order valence-electron chi connectivity index (χ4n) is 1.33. The van der Waals surface area contributed by atoms with Crippen molar-refractivity contribution in [2.75, 3.05) is 5.32 Å². The molecule has 2 N–H and O–H groups in total. The lowest BCUT2D eigenvalue weighted by Crippen LogP contribution is -2.33. The fraction of sp³-hybridized carbons (Fsp3) is 0. The van der Waals surface area contributed by atoms with E-state index in [9.17, 15) is 4.79 Å². The van der Waals surface area contributed by atoms with Gasteiger partial charge < -0.3 is 5.32 Å². The van der Waals surface area contributed by atoms with Crippen LogP contribution in [0.15, 0.2) is 44.7 Å². The summed E-state index contributed by atoms with van der Waals surface area (Å²) in [5.41, 5.74) is 0.568. The minimum atomic E-state index is -0.232. The van der Waals surface area contributed by atoms with E-state index in [0.717, 1.165) is 13.3 Å². The van der Waals surface area contributed by atoms with Crippen LogP contribution in [0.1, 0.15) is 10.4 Å². The number of amides is 1. The number of nitrogens with one attached hydrogen (secondary N) is 2. The molecule has 1 heterocycles. The molecule has 0 aliphatic rings. The minimum Gasteiger partial charge on any atom is -0.323 e. The Balaban J connectivity index is 1.99. The Morgan fingerprint density at radius 3 is 2.47 bits per heavy atom. The first kappa shape index (κ1) is 14.6. The molecular formula is C12H8Br2N2OS2. The molecule has 3 nitrogen and oxygen atoms in total. The molecule has 1 amide bonds. The Bertz CT molecular complexity index is 613. The molecule has 7 heteroatoms. The van der Waals surface area contributed by atoms with Crippen molar-refractivity contribution in [1.82, 2.24) is 5.32 Å². The average Bonchev–Trinajstić information content (AvgIpc) is 2.68. The number of carbonyl (C=O) groups excluding carboxylic acids is 1. The lowest BCUT2D eigenvalue weighted by atomic mass is 10.2. The summed E-state index contributed by atoms with van der Waals surface area (Å²) < 4.78 is 1.86. The largest absolute Gasteiger partial charge is 0.323 e. The second kappa shape index (κ2) is 6.60. The van der Waals surface area contributed by atoms with Crippen LogP contribution in [0.4, 0.5) is 5.00 Å². The zero-order chi connectivity index (χ0) is 13.8. The topological polar surface area (TPSA) is 41.1 Å². The molecule has 0 saturated heterocycles. The molecule has 0 aliphatic heterocycles. The number of thiocarbonyl (C=S) groups is 1. The molecule has 1 aromatic heterocycles. The molecular weight excluding hydrogens is 412 g/mol. The van der Waals surface area contributed by atoms with Crippen LogP contribution in [0.3, 0.4) is 0 Å². The number of hydrogen-bond acceptors (Lipinski definition) is 3. The van der Waals surface area contributed by atoms with Crippen molar-refractivity contribution in [3.63, 3.8) is 0 Å². The number of carbonyl (C=O) groups is 1. The van der Waals surface area contributed by atoms with Gasteiger partial charge in [-0.3, -0.25) is 10.1 Å². The molecule has 19 heavy (non-hydrogen) atoms. The summed E-state index contributed by atoms with van der Waals surface area (Å²) in [5.74, 6) is -0.232. The molecule has 0 spiro atoms. The van der Waals surface area contributed by atoms with Crippen LogP contribution in [0.2, 0.25) is 0 Å². The Morgan fingerprint density at radius 2 is 1.89 bits per heavy atom. The molecule has 0 unspecified atom stereocenters. The van der Waals surface area contributed by atoms with Crippen LogP contribution < -0.4 is 10.6 Å². The van der Waals surface area contributed by atoms with E-state index in [0.29, 0.717) is 5.56 Å². The second-order valence-electron chi connectivity index (χ2n) is 3.50. The van der Waals surface area contributed by atoms with E-state index in [1.54, 1.807) is 24.3 Å². The van der Waals surface area contributed by atoms with Crippen LogP contribution in [0, 0.1) is 0 Å². The van der Waals surface area contributed by atoms with Gasteiger partial charge in [0.2, 0.25) is 0 Å². The van der Waals surface area contributed by atoms with E-state index in [-0.39, 0.29) is 11.0 Å². The number of rotatable bonds is 2. The molecule has 1 aromatic carbocycles. The van der Waals surface area contributed by atoms with Gasteiger partial charge in [0, 0.05) is 5.56 Å². The molecule has 98 valence electrons. The highest BCUT2D eigenvalue weighted by Gasteiger charge is 2.10. The van der Waals surface area contributed by atoms with E-state index in [2.05, 4.69) is 42.5 Å². The molecule has 0 saturated carbocycles. The number of thiophene rings is 1. The van der Waals surface area contributed by atoms with Crippen molar-refractivity contribution in [1.29, 1.82) is 0 Å². The third-order valence-corrected chi connectivity index (χ3v) is 4.79. The maximum Gasteiger partial charge on any atom is 0.257 e. The molecule has 0 fully saturated rings. The van der Waals surface area contributed by atoms with E-state index in [4.69, 9.17) is 12.2 Å². The summed E-state index contributed by atoms with van der Waals surface area (Å²) in [6.45, 7) is 0. The van der Waals surface area contributed by atoms with E-state index < -0.39 is 0 Å². The summed E-state index contributed by atoms with van der Waals surface area (Å²) >= 11 is 13.4. The lowest BCUT2D eigenvalue weighted by Gasteiger charge is -2.08. The molecule has 0 bridgehead atoms. The highest BCUT2D eigenvalue weighted by atomic mass is 79.9. The van der Waals surface area contributed by atoms with Crippen LogP contribution in [0.25, 0.3) is 0 Å². The Kier molecular flexibility index (Phi) is 5.09. The third kappa shape index (κ3) is 4.10. The van der Waals surface area contributed by atoms with Crippen LogP contribution >= 0.6 is 55.4 Å². The van der Waals surface area contributed by atoms with Gasteiger partial charge in [-0.05, 0) is 62.3 Å². The predicted molar refractivity (Wildman–Crippen MR) is 89.8 cm³/mol. The van der Waals surface area contributed by atoms with Gasteiger partial charge in [0.15, 0.2) is 5.11 Å². The zero-order valence-corrected chi connectivity index (χ0v) is 14.2. The van der Waals surface area contributed by atoms with Gasteiger partial charge in [-0.15, -0.1) is 11.3 Å². The Labute approximate surface area is 136 Å². The SMILES string of the molecule is O=C(NC(=S)Nc1sc(Br)cc1Br)c1ccccc1. The highest BCUT2D eigenvalue weighted by Crippen LogP contribution is 2.35. The van der Waals surface area contributed by atoms with Crippen LogP contribution in [-0.4, -0.2) is 11.0 Å². The maximum absolute atomic E-state index is 11.9. The van der Waals surface area contributed by atoms with Gasteiger partial charge >= 0.3 is 0 Å². The maximum atomic E-state index is 11.9. The zero-order valence-electron chi connectivity index (χ0n) is 9.44. The lowest BCUT2D eigenvalue weighted by molar-refractivity contribution is 0.0978. The number of benzene rings is 1. The van der Waals surface area contributed by atoms with Crippen molar-refractivity contribution in [3.8, 4) is 0 Å². The summed E-state index contributed by atoms with van der Waals surface area (Å²) in [6.07, 6.45) is 0. The summed E-state index contributed by atoms with van der Waals surface area (Å²) in [5, 5.41) is 6.71. The van der Waals surface area contributed by atoms with Gasteiger partial charge in [-0.2, -0.15) is 0 Å². The van der Waals surface area contributed by atoms with Gasteiger partial charge in [0.25, 0.3) is 5.91 Å². The summed E-state index contributed by atoms with van der Waals surface area (Å²) in [7, 11) is 0. The summed E-state index contributed by atoms with van der Waals surface area (Å²) in [6, 6.07) is 10.8. The van der Waals surface area contributed by atoms with Crippen molar-refractivity contribution in [2.45, 2.75) is 0 Å². The number of anilines is 1. The first-order valence-corrected chi connectivity index (χ1v) is 7.99. The Morgan fingerprint density at radius 1 is 1.21 bits per heavy atom. The molecule has 0 aliphatic carbocycles. The quantitative estimate of drug-likeness (QED) is 0.708. The highest BCUT2D eigenvalue weighted by molar-refractivity contribution is 9.11. The molecule has 2 aromatic rings. The predicted octanol–water partition coefficient (Wildman–Crippen LogP) is 4.40. The molecule has 2 rings (SSSR count). The standard InChI is InChI=1S/C12H8Br2N2OS2/c13-8-6-9(14)19-11(8)16-12(18)15-10(17)7-4-2-1-3-5-7/h1-6H,(H2,15,16,17,18). The van der Waals surface area contributed by atoms with E-state index in [1.807, 2.05) is 12.1 Å². The first-order valence-electron chi connectivity index (χ1n) is 5.18. The minimum absolute atomic E-state index is 0.232. The monoisotopic (exact) mass is 418 g/mol. The smallest absolute Gasteiger partial charge is 0.257 e. The second-order valence-corrected chi connectivity index (χ2v) is 7.20. The van der Waals surface area contributed by atoms with Crippen molar-refractivity contribution in [2.24, 2.45) is 0 Å². The van der Waals surface area contributed by atoms with Crippen molar-refractivity contribution in [3.05, 3.63) is 50.2 Å². The fourth-order valence-corrected chi connectivity index (χ4v) is 4.01. The van der Waals surface area contributed by atoms with Gasteiger partial charge in [0.05, 0.1) is 8.26 Å². The van der Waals surface area contributed by atoms with E-state index in [1.165, 1.54) is 11.3 Å². The molecule has 0 atom stereocenters. The molecule has 0 radical (unpaired) electrons. The number of hydrogen-bond donors (Lipinski definition) is 2. The van der Waals surface area contributed by atoms with E-state index >= 15 is 0 Å². The number of halogens is 2. The Hall–Kier alpha value is -0.760. The van der Waals surface area contributed by atoms with Crippen molar-refractivity contribution >= 4 is 71.4 Å². The van der Waals surface area contributed by atoms with Crippen LogP contribution in [0.5, 0.6) is 0 Å². The van der Waals surface area contributed by atoms with Gasteiger partial charge in [0.1, 0.15) is 5.00 Å². The van der Waals surface area contributed by atoms with Crippen molar-refractivity contribution < 1.29 is 4.79 Å².